The third kappa shape index (κ3) is 2.28. The molecule has 1 unspecified atom stereocenters. The molecule has 2 aromatic rings. The summed E-state index contributed by atoms with van der Waals surface area (Å²) >= 11 is 11.4. The highest BCUT2D eigenvalue weighted by molar-refractivity contribution is 6.42. The van der Waals surface area contributed by atoms with Crippen LogP contribution in [0.1, 0.15) is 11.9 Å². The lowest BCUT2D eigenvalue weighted by atomic mass is 10.3. The summed E-state index contributed by atoms with van der Waals surface area (Å²) in [5.74, 6) is -0.592. The number of hydrogen-bond acceptors (Lipinski definition) is 3. The maximum absolute atomic E-state index is 12.5. The minimum absolute atomic E-state index is 0.157. The van der Waals surface area contributed by atoms with Crippen molar-refractivity contribution in [3.8, 4) is 0 Å². The Labute approximate surface area is 108 Å². The Morgan fingerprint density at radius 3 is 2.44 bits per heavy atom. The van der Waals surface area contributed by atoms with Crippen LogP contribution < -0.4 is 0 Å². The van der Waals surface area contributed by atoms with Crippen LogP contribution in [0.5, 0.6) is 0 Å². The quantitative estimate of drug-likeness (QED) is 0.843. The third-order valence-electron chi connectivity index (χ3n) is 2.22. The monoisotopic (exact) mass is 297 g/mol. The Hall–Kier alpha value is -1.34. The first-order chi connectivity index (χ1) is 8.32. The van der Waals surface area contributed by atoms with Crippen LogP contribution >= 0.6 is 23.2 Å². The highest BCUT2D eigenvalue weighted by atomic mass is 35.5. The first kappa shape index (κ1) is 13.1. The summed E-state index contributed by atoms with van der Waals surface area (Å²) in [6.45, 7) is 0. The minimum Gasteiger partial charge on any atom is -0.340 e. The van der Waals surface area contributed by atoms with Gasteiger partial charge >= 0.3 is 6.18 Å². The van der Waals surface area contributed by atoms with Crippen molar-refractivity contribution in [2.45, 2.75) is 12.2 Å². The molecule has 0 saturated heterocycles. The molecule has 9 heteroatoms. The second-order valence-corrected chi connectivity index (χ2v) is 4.27. The second-order valence-electron chi connectivity index (χ2n) is 3.46. The van der Waals surface area contributed by atoms with E-state index in [1.165, 1.54) is 12.1 Å². The van der Waals surface area contributed by atoms with E-state index in [1.807, 2.05) is 5.18 Å². The van der Waals surface area contributed by atoms with E-state index in [4.69, 9.17) is 23.2 Å². The molecule has 1 aromatic heterocycles. The van der Waals surface area contributed by atoms with Gasteiger partial charge in [-0.25, -0.2) is 4.98 Å². The fourth-order valence-electron chi connectivity index (χ4n) is 1.42. The summed E-state index contributed by atoms with van der Waals surface area (Å²) < 4.78 is 37.5. The summed E-state index contributed by atoms with van der Waals surface area (Å²) in [7, 11) is 0. The lowest BCUT2D eigenvalue weighted by molar-refractivity contribution is -0.150. The molecule has 0 aliphatic heterocycles. The van der Waals surface area contributed by atoms with E-state index < -0.39 is 18.0 Å². The van der Waals surface area contributed by atoms with Crippen molar-refractivity contribution in [3.05, 3.63) is 32.9 Å². The van der Waals surface area contributed by atoms with E-state index in [0.29, 0.717) is 0 Å². The molecule has 2 rings (SSSR count). The molecule has 4 nitrogen and oxygen atoms in total. The van der Waals surface area contributed by atoms with Crippen molar-refractivity contribution in [1.82, 2.24) is 9.97 Å². The van der Waals surface area contributed by atoms with Crippen LogP contribution in [0, 0.1) is 4.91 Å². The number of nitroso groups, excluding NO2 is 1. The Morgan fingerprint density at radius 2 is 1.89 bits per heavy atom. The van der Waals surface area contributed by atoms with Gasteiger partial charge in [-0.15, -0.1) is 4.91 Å². The summed E-state index contributed by atoms with van der Waals surface area (Å²) in [5.41, 5.74) is 0.426. The molecule has 0 spiro atoms. The Kier molecular flexibility index (Phi) is 3.20. The molecule has 0 fully saturated rings. The van der Waals surface area contributed by atoms with Crippen molar-refractivity contribution in [2.24, 2.45) is 5.18 Å². The fourth-order valence-corrected chi connectivity index (χ4v) is 1.74. The standard InChI is InChI=1S/C9H4Cl2F3N3O/c10-3-1-5-6(2-4(3)11)16-8(15-5)7(17-18)9(12,13)14/h1-2,7H,(H,15,16). The maximum atomic E-state index is 12.5. The molecule has 96 valence electrons. The van der Waals surface area contributed by atoms with Crippen LogP contribution in [0.25, 0.3) is 11.0 Å². The number of imidazole rings is 1. The van der Waals surface area contributed by atoms with E-state index >= 15 is 0 Å². The summed E-state index contributed by atoms with van der Waals surface area (Å²) in [6.07, 6.45) is -4.80. The number of fused-ring (bicyclic) bond motifs is 1. The second kappa shape index (κ2) is 4.40. The third-order valence-corrected chi connectivity index (χ3v) is 2.94. The number of halogens is 5. The minimum atomic E-state index is -4.80. The smallest absolute Gasteiger partial charge is 0.340 e. The zero-order valence-electron chi connectivity index (χ0n) is 8.42. The Morgan fingerprint density at radius 1 is 1.28 bits per heavy atom. The predicted octanol–water partition coefficient (Wildman–Crippen LogP) is 4.24. The molecular formula is C9H4Cl2F3N3O. The van der Waals surface area contributed by atoms with Crippen molar-refractivity contribution in [3.63, 3.8) is 0 Å². The molecule has 0 radical (unpaired) electrons. The van der Waals surface area contributed by atoms with Gasteiger partial charge in [0.2, 0.25) is 6.04 Å². The normalized spacial score (nSPS) is 13.8. The first-order valence-electron chi connectivity index (χ1n) is 4.56. The van der Waals surface area contributed by atoms with Gasteiger partial charge in [-0.05, 0) is 17.3 Å². The van der Waals surface area contributed by atoms with Gasteiger partial charge < -0.3 is 4.98 Å². The van der Waals surface area contributed by atoms with Gasteiger partial charge in [0.05, 0.1) is 21.1 Å². The van der Waals surface area contributed by atoms with Gasteiger partial charge in [0, 0.05) is 0 Å². The lowest BCUT2D eigenvalue weighted by Gasteiger charge is -2.09. The van der Waals surface area contributed by atoms with Gasteiger partial charge in [-0.3, -0.25) is 0 Å². The molecule has 1 N–H and O–H groups in total. The van der Waals surface area contributed by atoms with Gasteiger partial charge in [0.25, 0.3) is 0 Å². The number of H-pyrrole nitrogens is 1. The molecule has 1 heterocycles. The number of nitrogens with one attached hydrogen (secondary N) is 1. The van der Waals surface area contributed by atoms with Gasteiger partial charge in [0.15, 0.2) is 0 Å². The van der Waals surface area contributed by atoms with E-state index in [1.54, 1.807) is 0 Å². The van der Waals surface area contributed by atoms with Gasteiger partial charge in [-0.2, -0.15) is 13.2 Å². The van der Waals surface area contributed by atoms with Crippen LogP contribution in [0.2, 0.25) is 10.0 Å². The maximum Gasteiger partial charge on any atom is 0.421 e. The van der Waals surface area contributed by atoms with Crippen LogP contribution in [0.3, 0.4) is 0 Å². The molecule has 0 amide bonds. The summed E-state index contributed by atoms with van der Waals surface area (Å²) in [5, 5.41) is 2.36. The molecule has 0 bridgehead atoms. The number of aromatic amines is 1. The van der Waals surface area contributed by atoms with Crippen LogP contribution in [-0.4, -0.2) is 16.1 Å². The Bertz CT molecular complexity index is 572. The highest BCUT2D eigenvalue weighted by Gasteiger charge is 2.44. The number of rotatable bonds is 2. The summed E-state index contributed by atoms with van der Waals surface area (Å²) in [4.78, 5) is 16.3. The van der Waals surface area contributed by atoms with Crippen molar-refractivity contribution in [2.75, 3.05) is 0 Å². The topological polar surface area (TPSA) is 58.1 Å². The fraction of sp³-hybridized carbons (Fsp3) is 0.222. The molecule has 0 aliphatic carbocycles. The van der Waals surface area contributed by atoms with Crippen LogP contribution in [0.15, 0.2) is 17.3 Å². The van der Waals surface area contributed by atoms with Crippen molar-refractivity contribution in [1.29, 1.82) is 0 Å². The van der Waals surface area contributed by atoms with Crippen LogP contribution in [-0.2, 0) is 0 Å². The number of nitrogens with zero attached hydrogens (tertiary/aromatic N) is 2. The van der Waals surface area contributed by atoms with E-state index in [2.05, 4.69) is 9.97 Å². The molecule has 0 saturated carbocycles. The predicted molar refractivity (Wildman–Crippen MR) is 60.7 cm³/mol. The first-order valence-corrected chi connectivity index (χ1v) is 5.32. The van der Waals surface area contributed by atoms with Crippen LogP contribution in [0.4, 0.5) is 13.2 Å². The SMILES string of the molecule is O=NC(c1nc2cc(Cl)c(Cl)cc2[nH]1)C(F)(F)F. The van der Waals surface area contributed by atoms with E-state index in [0.717, 1.165) is 0 Å². The van der Waals surface area contributed by atoms with E-state index in [9.17, 15) is 18.1 Å². The number of hydrogen-bond donors (Lipinski definition) is 1. The molecule has 0 aliphatic rings. The van der Waals surface area contributed by atoms with Gasteiger partial charge in [0.1, 0.15) is 5.82 Å². The lowest BCUT2D eigenvalue weighted by Crippen LogP contribution is -2.19. The number of benzene rings is 1. The molecular weight excluding hydrogens is 294 g/mol. The number of alkyl halides is 3. The average Bonchev–Trinajstić information content (AvgIpc) is 2.60. The average molecular weight is 298 g/mol. The highest BCUT2D eigenvalue weighted by Crippen LogP contribution is 2.36. The van der Waals surface area contributed by atoms with Crippen molar-refractivity contribution < 1.29 is 13.2 Å². The van der Waals surface area contributed by atoms with Gasteiger partial charge in [-0.1, -0.05) is 23.2 Å². The number of aromatic nitrogens is 2. The molecule has 1 atom stereocenters. The van der Waals surface area contributed by atoms with Crippen molar-refractivity contribution >= 4 is 34.2 Å². The zero-order valence-corrected chi connectivity index (χ0v) is 9.94. The zero-order chi connectivity index (χ0) is 13.5. The summed E-state index contributed by atoms with van der Waals surface area (Å²) in [6, 6.07) is 0.0910. The molecule has 18 heavy (non-hydrogen) atoms. The van der Waals surface area contributed by atoms with E-state index in [-0.39, 0.29) is 21.1 Å². The Balaban J connectivity index is 2.56. The largest absolute Gasteiger partial charge is 0.421 e. The molecule has 1 aromatic carbocycles.